The van der Waals surface area contributed by atoms with Crippen LogP contribution in [0.25, 0.3) is 240 Å². The summed E-state index contributed by atoms with van der Waals surface area (Å²) < 4.78 is 0. The summed E-state index contributed by atoms with van der Waals surface area (Å²) in [7, 11) is 0. The standard InChI is InChI=1S/C44H26.C40H26.C34H22/c1-2-6-27(7-3-1)34-24-35(37-20-16-32-14-12-28-8-4-10-30-18-22-39(37)43(32)41(28)30)26-36(25-34)38-21-17-33-15-13-29-9-5-11-31-19-23-40(38)44(33)42(29)31;1-2-12-31-26-32(25-22-27(31)10-1)28-20-23-30(24-21-28)39-35-15-5-7-17-37(35)40(38-18-8-6-16-36(38)39)34-19-9-13-29-11-3-4-14-33(29)34;1-2-12-25-22-26(21-20-23(25)10-1)33-29-15-5-7-17-31(29)34(32-18-8-6-16-30(32)33)28-19-9-13-24-11-3-4-14-27(24)28/h1-26H;1-26H;1-22H. The molecule has 0 atom stereocenters. The Balaban J connectivity index is 0.000000105. The molecule has 0 heterocycles. The SMILES string of the molecule is c1ccc(-c2cc(-c3ccc4ccc5cccc6ccc3c4c56)cc(-c3ccc4ccc5cccc6ccc3c4c56)c2)cc1.c1ccc2cc(-c3c4ccccc4c(-c4cccc5ccccc45)c4ccccc34)ccc2c1.c1ccc2cc(-c3ccc(-c4c5ccccc5c(-c5cccc6ccccc56)c5ccccc45)cc3)ccc2c1. The van der Waals surface area contributed by atoms with E-state index in [-0.39, 0.29) is 0 Å². The topological polar surface area (TPSA) is 0 Å². The molecule has 0 saturated heterocycles. The molecule has 0 aromatic heterocycles. The highest BCUT2D eigenvalue weighted by atomic mass is 14.3. The van der Waals surface area contributed by atoms with Crippen molar-refractivity contribution >= 4 is 151 Å². The molecule has 546 valence electrons. The van der Waals surface area contributed by atoms with E-state index in [2.05, 4.69) is 449 Å². The van der Waals surface area contributed by atoms with Crippen LogP contribution in [0.15, 0.2) is 449 Å². The maximum Gasteiger partial charge on any atom is -0.00201 e. The summed E-state index contributed by atoms with van der Waals surface area (Å²) in [5.74, 6) is 0. The van der Waals surface area contributed by atoms with E-state index in [9.17, 15) is 0 Å². The third kappa shape index (κ3) is 11.5. The molecular formula is C118H74. The molecule has 118 heavy (non-hydrogen) atoms. The second kappa shape index (κ2) is 28.3. The molecule has 25 rings (SSSR count). The van der Waals surface area contributed by atoms with Crippen molar-refractivity contribution in [2.75, 3.05) is 0 Å². The van der Waals surface area contributed by atoms with Gasteiger partial charge in [0.15, 0.2) is 0 Å². The van der Waals surface area contributed by atoms with Crippen LogP contribution in [0.2, 0.25) is 0 Å². The minimum atomic E-state index is 1.23. The number of hydrogen-bond donors (Lipinski definition) is 0. The Morgan fingerprint density at radius 1 is 0.0932 bits per heavy atom. The Hall–Kier alpha value is -15.3. The van der Waals surface area contributed by atoms with Gasteiger partial charge in [0, 0.05) is 0 Å². The Kier molecular flexibility index (Phi) is 16.4. The molecule has 0 aliphatic rings. The smallest absolute Gasteiger partial charge is 0.00201 e. The van der Waals surface area contributed by atoms with Crippen molar-refractivity contribution in [1.29, 1.82) is 0 Å². The third-order valence-corrected chi connectivity index (χ3v) is 25.0. The molecule has 0 heteroatoms. The van der Waals surface area contributed by atoms with E-state index in [4.69, 9.17) is 0 Å². The highest BCUT2D eigenvalue weighted by molar-refractivity contribution is 6.29. The van der Waals surface area contributed by atoms with Crippen molar-refractivity contribution in [2.24, 2.45) is 0 Å². The van der Waals surface area contributed by atoms with E-state index in [1.807, 2.05) is 0 Å². The average molecular weight is 1490 g/mol. The first-order valence-corrected chi connectivity index (χ1v) is 41.0. The molecule has 0 fully saturated rings. The minimum absolute atomic E-state index is 1.23. The van der Waals surface area contributed by atoms with Gasteiger partial charge in [-0.15, -0.1) is 0 Å². The van der Waals surface area contributed by atoms with Crippen molar-refractivity contribution in [3.05, 3.63) is 449 Å². The van der Waals surface area contributed by atoms with E-state index >= 15 is 0 Å². The zero-order valence-corrected chi connectivity index (χ0v) is 64.7. The first-order valence-electron chi connectivity index (χ1n) is 41.0. The van der Waals surface area contributed by atoms with Crippen LogP contribution in [0.3, 0.4) is 0 Å². The largest absolute Gasteiger partial charge is 0.0622 e. The van der Waals surface area contributed by atoms with Gasteiger partial charge in [-0.25, -0.2) is 0 Å². The van der Waals surface area contributed by atoms with Crippen LogP contribution in [0, 0.1) is 0 Å². The lowest BCUT2D eigenvalue weighted by atomic mass is 9.84. The lowest BCUT2D eigenvalue weighted by molar-refractivity contribution is 1.59. The van der Waals surface area contributed by atoms with E-state index in [0.29, 0.717) is 0 Å². The summed E-state index contributed by atoms with van der Waals surface area (Å²) in [5, 5.41) is 36.3. The number of benzene rings is 25. The predicted molar refractivity (Wildman–Crippen MR) is 510 cm³/mol. The number of fused-ring (bicyclic) bond motifs is 8. The Morgan fingerprint density at radius 2 is 0.364 bits per heavy atom. The quantitative estimate of drug-likeness (QED) is 0.105. The maximum absolute atomic E-state index is 2.41. The first kappa shape index (κ1) is 68.3. The van der Waals surface area contributed by atoms with E-state index in [1.165, 1.54) is 240 Å². The molecular weight excluding hydrogens is 1420 g/mol. The van der Waals surface area contributed by atoms with Gasteiger partial charge in [-0.1, -0.05) is 419 Å². The first-order chi connectivity index (χ1) is 58.5. The molecule has 0 unspecified atom stereocenters. The van der Waals surface area contributed by atoms with Gasteiger partial charge in [-0.05, 0) is 270 Å². The highest BCUT2D eigenvalue weighted by Gasteiger charge is 2.23. The van der Waals surface area contributed by atoms with E-state index in [0.717, 1.165) is 0 Å². The predicted octanol–water partition coefficient (Wildman–Crippen LogP) is 33.4. The van der Waals surface area contributed by atoms with E-state index < -0.39 is 0 Å². The van der Waals surface area contributed by atoms with Gasteiger partial charge in [0.05, 0.1) is 0 Å². The Morgan fingerprint density at radius 3 is 0.805 bits per heavy atom. The lowest BCUT2D eigenvalue weighted by Crippen LogP contribution is -1.91. The molecule has 25 aromatic rings. The fourth-order valence-corrected chi connectivity index (χ4v) is 19.6. The number of hydrogen-bond acceptors (Lipinski definition) is 0. The molecule has 0 spiro atoms. The Labute approximate surface area is 684 Å². The van der Waals surface area contributed by atoms with Crippen LogP contribution in [-0.2, 0) is 0 Å². The van der Waals surface area contributed by atoms with E-state index in [1.54, 1.807) is 0 Å². The summed E-state index contributed by atoms with van der Waals surface area (Å²) >= 11 is 0. The summed E-state index contributed by atoms with van der Waals surface area (Å²) in [6.45, 7) is 0. The minimum Gasteiger partial charge on any atom is -0.0622 e. The van der Waals surface area contributed by atoms with Gasteiger partial charge in [-0.2, -0.15) is 0 Å². The average Bonchev–Trinajstić information content (AvgIpc) is 0.743. The molecule has 0 saturated carbocycles. The van der Waals surface area contributed by atoms with Crippen LogP contribution in [0.1, 0.15) is 0 Å². The van der Waals surface area contributed by atoms with Gasteiger partial charge in [0.25, 0.3) is 0 Å². The summed E-state index contributed by atoms with van der Waals surface area (Å²) in [6, 6.07) is 165. The van der Waals surface area contributed by atoms with Crippen molar-refractivity contribution in [1.82, 2.24) is 0 Å². The van der Waals surface area contributed by atoms with Crippen LogP contribution in [0.5, 0.6) is 0 Å². The van der Waals surface area contributed by atoms with Crippen molar-refractivity contribution in [2.45, 2.75) is 0 Å². The molecule has 0 aliphatic heterocycles. The normalized spacial score (nSPS) is 11.7. The zero-order valence-electron chi connectivity index (χ0n) is 64.7. The second-order valence-electron chi connectivity index (χ2n) is 31.5. The summed E-state index contributed by atoms with van der Waals surface area (Å²) in [6.07, 6.45) is 0. The Bertz CT molecular complexity index is 7970. The highest BCUT2D eigenvalue weighted by Crippen LogP contribution is 2.50. The van der Waals surface area contributed by atoms with Gasteiger partial charge in [0.1, 0.15) is 0 Å². The van der Waals surface area contributed by atoms with Gasteiger partial charge in [-0.3, -0.25) is 0 Å². The third-order valence-electron chi connectivity index (χ3n) is 25.0. The summed E-state index contributed by atoms with van der Waals surface area (Å²) in [5.41, 5.74) is 20.2. The van der Waals surface area contributed by atoms with Crippen LogP contribution < -0.4 is 0 Å². The summed E-state index contributed by atoms with van der Waals surface area (Å²) in [4.78, 5) is 0. The monoisotopic (exact) mass is 1490 g/mol. The molecule has 0 nitrogen and oxygen atoms in total. The van der Waals surface area contributed by atoms with Crippen molar-refractivity contribution in [3.8, 4) is 89.0 Å². The molecule has 0 bridgehead atoms. The molecule has 0 amide bonds. The molecule has 0 radical (unpaired) electrons. The second-order valence-corrected chi connectivity index (χ2v) is 31.5. The van der Waals surface area contributed by atoms with Crippen LogP contribution in [0.4, 0.5) is 0 Å². The number of rotatable bonds is 8. The fraction of sp³-hybridized carbons (Fsp3) is 0. The van der Waals surface area contributed by atoms with Crippen molar-refractivity contribution < 1.29 is 0 Å². The van der Waals surface area contributed by atoms with Crippen LogP contribution in [-0.4, -0.2) is 0 Å². The maximum atomic E-state index is 2.41. The molecule has 0 N–H and O–H groups in total. The van der Waals surface area contributed by atoms with Gasteiger partial charge >= 0.3 is 0 Å². The fourth-order valence-electron chi connectivity index (χ4n) is 19.6. The van der Waals surface area contributed by atoms with Crippen molar-refractivity contribution in [3.63, 3.8) is 0 Å². The van der Waals surface area contributed by atoms with Gasteiger partial charge in [0.2, 0.25) is 0 Å². The lowest BCUT2D eigenvalue weighted by Gasteiger charge is -2.19. The molecule has 25 aromatic carbocycles. The van der Waals surface area contributed by atoms with Gasteiger partial charge < -0.3 is 0 Å². The van der Waals surface area contributed by atoms with Crippen LogP contribution >= 0.6 is 0 Å². The zero-order chi connectivity index (χ0) is 77.7. The molecule has 0 aliphatic carbocycles.